The fourth-order valence-corrected chi connectivity index (χ4v) is 13.4. The molecular weight excluding hydrogens is 1170 g/mol. The van der Waals surface area contributed by atoms with Gasteiger partial charge >= 0.3 is 0 Å². The number of allylic oxidation sites excluding steroid dienone is 5. The Morgan fingerprint density at radius 3 is 1.10 bits per heavy atom. The van der Waals surface area contributed by atoms with Gasteiger partial charge in [-0.15, -0.1) is 0 Å². The van der Waals surface area contributed by atoms with Crippen molar-refractivity contribution < 1.29 is 43.9 Å². The number of rotatable bonds is 15. The van der Waals surface area contributed by atoms with Crippen molar-refractivity contribution in [1.82, 2.24) is 0 Å². The Morgan fingerprint density at radius 1 is 0.319 bits per heavy atom. The van der Waals surface area contributed by atoms with Crippen molar-refractivity contribution in [1.29, 1.82) is 0 Å². The van der Waals surface area contributed by atoms with Crippen molar-refractivity contribution in [3.8, 4) is 22.3 Å². The molecule has 2 unspecified atom stereocenters. The zero-order valence-electron chi connectivity index (χ0n) is 48.5. The first-order chi connectivity index (χ1) is 44.1. The third-order valence-electron chi connectivity index (χ3n) is 17.4. The average molecular weight is 1220 g/mol. The van der Waals surface area contributed by atoms with Gasteiger partial charge in [-0.25, -0.2) is 43.9 Å². The summed E-state index contributed by atoms with van der Waals surface area (Å²) in [6, 6.07) is 64.5. The highest BCUT2D eigenvalue weighted by Crippen LogP contribution is 2.61. The molecule has 2 nitrogen and oxygen atoms in total. The predicted octanol–water partition coefficient (Wildman–Crippen LogP) is 22.2. The van der Waals surface area contributed by atoms with Gasteiger partial charge in [0.15, 0.2) is 46.5 Å². The molecule has 91 heavy (non-hydrogen) atoms. The third kappa shape index (κ3) is 9.10. The molecule has 11 aromatic rings. The van der Waals surface area contributed by atoms with Crippen molar-refractivity contribution in [2.75, 3.05) is 9.80 Å². The van der Waals surface area contributed by atoms with Crippen LogP contribution in [0.3, 0.4) is 0 Å². The van der Waals surface area contributed by atoms with Gasteiger partial charge in [0.1, 0.15) is 0 Å². The normalized spacial score (nSPS) is 15.5. The predicted molar refractivity (Wildman–Crippen MR) is 343 cm³/mol. The molecule has 0 saturated heterocycles. The minimum atomic E-state index is -2.28. The minimum absolute atomic E-state index is 0.218. The maximum atomic E-state index is 16.9. The molecule has 13 rings (SSSR count). The van der Waals surface area contributed by atoms with E-state index >= 15 is 35.1 Å². The first-order valence-corrected chi connectivity index (χ1v) is 28.9. The van der Waals surface area contributed by atoms with E-state index in [1.165, 1.54) is 6.08 Å². The minimum Gasteiger partial charge on any atom is -0.310 e. The van der Waals surface area contributed by atoms with Crippen LogP contribution in [0, 0.1) is 58.2 Å². The van der Waals surface area contributed by atoms with Crippen LogP contribution < -0.4 is 9.80 Å². The SMILES string of the molecule is C=CC1=C(/C=C\C)C(c2ccc(C=C)cc2)(c2c(F)c(F)c(F)c(F)c2F)c2cc(N(c3ccccc3)c3ccc(-c4ccc(N(c5ccccc5)c5ccc6c(c5)C(c5ccc(C=C)cc5)(c5c(F)c(F)c(F)c(F)c5F)c5ccccc5-6)cc4)cc3)ccc21. The summed E-state index contributed by atoms with van der Waals surface area (Å²) in [5, 5.41) is 0. The van der Waals surface area contributed by atoms with Gasteiger partial charge in [-0.3, -0.25) is 0 Å². The molecule has 2 aliphatic rings. The van der Waals surface area contributed by atoms with Crippen LogP contribution in [0.2, 0.25) is 0 Å². The van der Waals surface area contributed by atoms with Crippen LogP contribution in [-0.4, -0.2) is 0 Å². The molecule has 0 fully saturated rings. The second-order valence-corrected chi connectivity index (χ2v) is 22.0. The molecule has 0 aliphatic heterocycles. The number of anilines is 6. The van der Waals surface area contributed by atoms with E-state index in [1.807, 2.05) is 131 Å². The molecule has 0 heterocycles. The van der Waals surface area contributed by atoms with Crippen molar-refractivity contribution >= 4 is 51.8 Å². The zero-order valence-corrected chi connectivity index (χ0v) is 48.5. The number of benzene rings is 11. The van der Waals surface area contributed by atoms with Crippen molar-refractivity contribution in [3.05, 3.63) is 376 Å². The number of halogens is 10. The summed E-state index contributed by atoms with van der Waals surface area (Å²) in [5.74, 6) is -20.8. The Kier molecular flexibility index (Phi) is 15.0. The summed E-state index contributed by atoms with van der Waals surface area (Å²) < 4.78 is 160. The smallest absolute Gasteiger partial charge is 0.200 e. The van der Waals surface area contributed by atoms with Gasteiger partial charge in [0, 0.05) is 45.3 Å². The molecule has 2 atom stereocenters. The molecule has 0 amide bonds. The second-order valence-electron chi connectivity index (χ2n) is 22.0. The summed E-state index contributed by atoms with van der Waals surface area (Å²) in [7, 11) is 0. The Labute approximate surface area is 518 Å². The van der Waals surface area contributed by atoms with Gasteiger partial charge in [0.2, 0.25) is 11.6 Å². The van der Waals surface area contributed by atoms with Crippen molar-refractivity contribution in [3.63, 3.8) is 0 Å². The molecule has 0 bridgehead atoms. The average Bonchev–Trinajstić information content (AvgIpc) is 1.63. The molecule has 0 radical (unpaired) electrons. The molecule has 2 aliphatic carbocycles. The number of fused-ring (bicyclic) bond motifs is 4. The van der Waals surface area contributed by atoms with Gasteiger partial charge in [-0.05, 0) is 158 Å². The number of hydrogen-bond acceptors (Lipinski definition) is 2. The van der Waals surface area contributed by atoms with Gasteiger partial charge in [0.05, 0.1) is 10.8 Å². The van der Waals surface area contributed by atoms with E-state index in [2.05, 4.69) is 19.7 Å². The quantitative estimate of drug-likeness (QED) is 0.0573. The summed E-state index contributed by atoms with van der Waals surface area (Å²) in [4.78, 5) is 3.85. The molecule has 446 valence electrons. The molecule has 12 heteroatoms. The Bertz CT molecular complexity index is 4750. The van der Waals surface area contributed by atoms with Gasteiger partial charge in [0.25, 0.3) is 0 Å². The Hall–Kier alpha value is -11.0. The zero-order chi connectivity index (χ0) is 63.6. The van der Waals surface area contributed by atoms with E-state index in [9.17, 15) is 8.78 Å². The van der Waals surface area contributed by atoms with E-state index in [0.29, 0.717) is 73.1 Å². The molecule has 0 aromatic heterocycles. The molecular formula is C79H50F10N2. The monoisotopic (exact) mass is 1220 g/mol. The number of para-hydroxylation sites is 2. The van der Waals surface area contributed by atoms with E-state index in [4.69, 9.17) is 0 Å². The van der Waals surface area contributed by atoms with Crippen molar-refractivity contribution in [2.45, 2.75) is 17.8 Å². The van der Waals surface area contributed by atoms with E-state index in [-0.39, 0.29) is 27.8 Å². The molecule has 11 aromatic carbocycles. The highest BCUT2D eigenvalue weighted by atomic mass is 19.2. The van der Waals surface area contributed by atoms with Crippen LogP contribution in [0.5, 0.6) is 0 Å². The largest absolute Gasteiger partial charge is 0.310 e. The highest BCUT2D eigenvalue weighted by Gasteiger charge is 2.53. The standard InChI is InChI=1S/C79H50F10N2/c1-5-17-62-58(8-4)60-42-40-56(44-64(60)78(62,50-32-24-46(6-2)25-33-50)66-68(80)72(84)76(88)73(85)69(66)81)90(52-18-11-9-12-19-52)54-36-28-48(29-37-54)49-30-38-55(39-31-49)91(53-20-13-10-14-21-53)57-41-43-61-59-22-15-16-23-63(59)79(65(61)45-57,51-34-26-47(7-3)27-35-51)67-70(82)74(86)77(89)75(87)71(67)83/h5-45H,2-4H2,1H3/b17-5-. The Balaban J connectivity index is 0.925. The molecule has 0 saturated carbocycles. The number of nitrogens with zero attached hydrogens (tertiary/aromatic N) is 2. The first-order valence-electron chi connectivity index (χ1n) is 28.9. The first kappa shape index (κ1) is 59.0. The van der Waals surface area contributed by atoms with E-state index in [0.717, 1.165) is 11.1 Å². The van der Waals surface area contributed by atoms with E-state index < -0.39 is 80.1 Å². The fourth-order valence-electron chi connectivity index (χ4n) is 13.4. The Morgan fingerprint density at radius 2 is 0.670 bits per heavy atom. The molecule has 0 N–H and O–H groups in total. The lowest BCUT2D eigenvalue weighted by Crippen LogP contribution is -2.33. The summed E-state index contributed by atoms with van der Waals surface area (Å²) in [6.07, 6.45) is 7.91. The third-order valence-corrected chi connectivity index (χ3v) is 17.4. The van der Waals surface area contributed by atoms with Gasteiger partial charge < -0.3 is 9.80 Å². The van der Waals surface area contributed by atoms with Crippen LogP contribution in [0.25, 0.3) is 40.0 Å². The molecule has 0 spiro atoms. The summed E-state index contributed by atoms with van der Waals surface area (Å²) in [6.45, 7) is 13.4. The lowest BCUT2D eigenvalue weighted by atomic mass is 9.66. The van der Waals surface area contributed by atoms with Crippen LogP contribution in [-0.2, 0) is 10.8 Å². The fraction of sp³-hybridized carbons (Fsp3) is 0.0380. The van der Waals surface area contributed by atoms with Crippen molar-refractivity contribution in [2.24, 2.45) is 0 Å². The maximum absolute atomic E-state index is 16.9. The van der Waals surface area contributed by atoms with Gasteiger partial charge in [-0.1, -0.05) is 196 Å². The maximum Gasteiger partial charge on any atom is 0.200 e. The van der Waals surface area contributed by atoms with Crippen LogP contribution in [0.4, 0.5) is 78.0 Å². The highest BCUT2D eigenvalue weighted by molar-refractivity contribution is 5.94. The summed E-state index contributed by atoms with van der Waals surface area (Å²) >= 11 is 0. The van der Waals surface area contributed by atoms with Crippen LogP contribution >= 0.6 is 0 Å². The summed E-state index contributed by atoms with van der Waals surface area (Å²) in [5.41, 5.74) is 3.72. The number of hydrogen-bond donors (Lipinski definition) is 0. The lowest BCUT2D eigenvalue weighted by molar-refractivity contribution is 0.363. The lowest BCUT2D eigenvalue weighted by Gasteiger charge is -2.36. The van der Waals surface area contributed by atoms with E-state index in [1.54, 1.807) is 128 Å². The second kappa shape index (κ2) is 23.2. The van der Waals surface area contributed by atoms with Gasteiger partial charge in [-0.2, -0.15) is 0 Å². The van der Waals surface area contributed by atoms with Crippen LogP contribution in [0.15, 0.2) is 262 Å². The topological polar surface area (TPSA) is 6.48 Å². The van der Waals surface area contributed by atoms with Crippen LogP contribution in [0.1, 0.15) is 62.6 Å².